The van der Waals surface area contributed by atoms with Crippen molar-refractivity contribution in [1.82, 2.24) is 14.9 Å². The molecule has 2 aromatic carbocycles. The number of fused-ring (bicyclic) bond motifs is 1. The van der Waals surface area contributed by atoms with Crippen molar-refractivity contribution in [3.05, 3.63) is 45.4 Å². The number of nitrogens with one attached hydrogen (secondary N) is 2. The zero-order valence-corrected chi connectivity index (χ0v) is 28.8. The molecule has 5 rings (SSSR count). The van der Waals surface area contributed by atoms with Gasteiger partial charge in [-0.05, 0) is 55.9 Å². The lowest BCUT2D eigenvalue weighted by molar-refractivity contribution is -0.178. The minimum atomic E-state index is -4.42. The standard InChI is InChI=1S/C33H36Cl2F6N6O2/c1-31(2,3)29(49)42-15-17-5-10-22(34)27(26(17)35)45-30-44-23-13-21(28(48)43-20-8-6-18(7-9-20)32(36,37)38)24(14-25(23)46(30)4)47-12-11-19(16-47)33(39,40)41/h5,10,13-14,18-19H,6-9,11-12,15-16H2,1-4H3,(H,42,49)(H,44,45). The number of carbonyl (C=O) groups excluding carboxylic acids is 2. The summed E-state index contributed by atoms with van der Waals surface area (Å²) in [7, 11) is 1.67. The van der Waals surface area contributed by atoms with E-state index in [0.29, 0.717) is 28.0 Å². The first-order valence-electron chi connectivity index (χ1n) is 15.8. The molecule has 2 fully saturated rings. The van der Waals surface area contributed by atoms with Gasteiger partial charge in [0.1, 0.15) is 0 Å². The summed E-state index contributed by atoms with van der Waals surface area (Å²) in [4.78, 5) is 36.3. The molecule has 49 heavy (non-hydrogen) atoms. The lowest BCUT2D eigenvalue weighted by Crippen LogP contribution is -2.34. The van der Waals surface area contributed by atoms with Gasteiger partial charge in [0.25, 0.3) is 5.91 Å². The Morgan fingerprint density at radius 2 is 1.63 bits per heavy atom. The highest BCUT2D eigenvalue weighted by Gasteiger charge is 2.44. The predicted molar refractivity (Wildman–Crippen MR) is 178 cm³/mol. The fourth-order valence-electron chi connectivity index (χ4n) is 6.01. The molecule has 0 radical (unpaired) electrons. The Morgan fingerprint density at radius 1 is 0.980 bits per heavy atom. The molecule has 1 saturated heterocycles. The van der Waals surface area contributed by atoms with E-state index in [-0.39, 0.29) is 84.9 Å². The van der Waals surface area contributed by atoms with Gasteiger partial charge in [0, 0.05) is 37.8 Å². The highest BCUT2D eigenvalue weighted by Crippen LogP contribution is 2.41. The van der Waals surface area contributed by atoms with Gasteiger partial charge < -0.3 is 20.1 Å². The monoisotopic (exact) mass is 732 g/mol. The van der Waals surface area contributed by atoms with Crippen LogP contribution in [0.15, 0.2) is 29.3 Å². The van der Waals surface area contributed by atoms with E-state index in [1.54, 1.807) is 50.6 Å². The SMILES string of the molecule is Cn1c(Nc2c(Cl)ccc(CNC(=O)C(C)(C)C)c2Cl)nc2cc(C(=O)N=C3CCC(C(F)(F)F)CC3)c(N3CCC(C(F)(F)F)C3)cc21. The number of aryl methyl sites for hydroxylation is 1. The molecule has 3 aromatic rings. The minimum Gasteiger partial charge on any atom is -0.370 e. The molecule has 8 nitrogen and oxygen atoms in total. The Kier molecular flexibility index (Phi) is 10.2. The Morgan fingerprint density at radius 3 is 2.22 bits per heavy atom. The first-order valence-corrected chi connectivity index (χ1v) is 16.5. The lowest BCUT2D eigenvalue weighted by Gasteiger charge is -2.25. The molecule has 2 amide bonds. The number of halogens is 8. The Hall–Kier alpha value is -3.52. The summed E-state index contributed by atoms with van der Waals surface area (Å²) in [5, 5.41) is 6.44. The van der Waals surface area contributed by atoms with Crippen molar-refractivity contribution < 1.29 is 35.9 Å². The third kappa shape index (κ3) is 8.11. The van der Waals surface area contributed by atoms with Crippen LogP contribution in [0.3, 0.4) is 0 Å². The van der Waals surface area contributed by atoms with Crippen LogP contribution in [0.25, 0.3) is 11.0 Å². The average molecular weight is 734 g/mol. The summed E-state index contributed by atoms with van der Waals surface area (Å²) in [6.45, 7) is 5.14. The summed E-state index contributed by atoms with van der Waals surface area (Å²) in [5.74, 6) is -3.76. The predicted octanol–water partition coefficient (Wildman–Crippen LogP) is 9.01. The van der Waals surface area contributed by atoms with Gasteiger partial charge in [-0.15, -0.1) is 0 Å². The van der Waals surface area contributed by atoms with Crippen molar-refractivity contribution in [2.75, 3.05) is 23.3 Å². The van der Waals surface area contributed by atoms with Gasteiger partial charge in [-0.3, -0.25) is 9.59 Å². The van der Waals surface area contributed by atoms with E-state index >= 15 is 0 Å². The van der Waals surface area contributed by atoms with Crippen molar-refractivity contribution in [2.45, 2.75) is 71.8 Å². The molecule has 1 aliphatic heterocycles. The maximum atomic E-state index is 13.6. The van der Waals surface area contributed by atoms with Crippen molar-refractivity contribution in [2.24, 2.45) is 29.3 Å². The Bertz CT molecular complexity index is 1790. The van der Waals surface area contributed by atoms with Crippen LogP contribution in [0.1, 0.15) is 68.8 Å². The topological polar surface area (TPSA) is 91.6 Å². The number of imidazole rings is 1. The highest BCUT2D eigenvalue weighted by molar-refractivity contribution is 6.39. The number of hydrogen-bond donors (Lipinski definition) is 2. The van der Waals surface area contributed by atoms with Crippen LogP contribution in [-0.4, -0.2) is 52.5 Å². The molecule has 1 atom stereocenters. The first-order chi connectivity index (χ1) is 22.7. The van der Waals surface area contributed by atoms with Crippen LogP contribution in [0.5, 0.6) is 0 Å². The number of anilines is 3. The van der Waals surface area contributed by atoms with E-state index in [0.717, 1.165) is 0 Å². The lowest BCUT2D eigenvalue weighted by atomic mass is 9.87. The van der Waals surface area contributed by atoms with E-state index in [4.69, 9.17) is 23.2 Å². The second-order valence-electron chi connectivity index (χ2n) is 13.6. The molecule has 2 N–H and O–H groups in total. The fraction of sp³-hybridized carbons (Fsp3) is 0.515. The maximum absolute atomic E-state index is 13.6. The van der Waals surface area contributed by atoms with E-state index in [1.165, 1.54) is 11.0 Å². The van der Waals surface area contributed by atoms with Crippen LogP contribution in [0, 0.1) is 17.3 Å². The van der Waals surface area contributed by atoms with Gasteiger partial charge in [0.05, 0.1) is 49.9 Å². The molecule has 0 spiro atoms. The Balaban J connectivity index is 1.49. The number of alkyl halides is 6. The van der Waals surface area contributed by atoms with Gasteiger partial charge in [-0.2, -0.15) is 26.3 Å². The summed E-state index contributed by atoms with van der Waals surface area (Å²) in [6.07, 6.45) is -9.31. The zero-order chi connectivity index (χ0) is 36.1. The smallest absolute Gasteiger partial charge is 0.370 e. The van der Waals surface area contributed by atoms with Crippen molar-refractivity contribution in [1.29, 1.82) is 0 Å². The third-order valence-electron chi connectivity index (χ3n) is 9.03. The molecule has 1 unspecified atom stereocenters. The first kappa shape index (κ1) is 36.8. The average Bonchev–Trinajstić information content (AvgIpc) is 3.62. The largest absolute Gasteiger partial charge is 0.393 e. The van der Waals surface area contributed by atoms with Crippen LogP contribution in [-0.2, 0) is 18.4 Å². The summed E-state index contributed by atoms with van der Waals surface area (Å²) >= 11 is 13.2. The number of nitrogens with zero attached hydrogens (tertiary/aromatic N) is 4. The van der Waals surface area contributed by atoms with Gasteiger partial charge in [0.2, 0.25) is 11.9 Å². The molecule has 1 aliphatic carbocycles. The zero-order valence-electron chi connectivity index (χ0n) is 27.3. The van der Waals surface area contributed by atoms with Crippen molar-refractivity contribution >= 4 is 69.1 Å². The highest BCUT2D eigenvalue weighted by atomic mass is 35.5. The van der Waals surface area contributed by atoms with E-state index in [2.05, 4.69) is 20.6 Å². The maximum Gasteiger partial charge on any atom is 0.393 e. The second-order valence-corrected chi connectivity index (χ2v) is 14.4. The van der Waals surface area contributed by atoms with Gasteiger partial charge in [-0.25, -0.2) is 9.98 Å². The number of benzene rings is 2. The van der Waals surface area contributed by atoms with E-state index in [9.17, 15) is 35.9 Å². The molecule has 1 saturated carbocycles. The van der Waals surface area contributed by atoms with Crippen molar-refractivity contribution in [3.63, 3.8) is 0 Å². The third-order valence-corrected chi connectivity index (χ3v) is 9.78. The van der Waals surface area contributed by atoms with Crippen LogP contribution in [0.2, 0.25) is 10.0 Å². The molecule has 0 bridgehead atoms. The number of aromatic nitrogens is 2. The second kappa shape index (κ2) is 13.7. The van der Waals surface area contributed by atoms with Crippen molar-refractivity contribution in [3.8, 4) is 0 Å². The number of rotatable bonds is 6. The quantitative estimate of drug-likeness (QED) is 0.247. The van der Waals surface area contributed by atoms with E-state index in [1.807, 2.05) is 0 Å². The van der Waals surface area contributed by atoms with E-state index < -0.39 is 35.5 Å². The summed E-state index contributed by atoms with van der Waals surface area (Å²) in [6, 6.07) is 6.30. The molecule has 266 valence electrons. The minimum absolute atomic E-state index is 0.00179. The molecular weight excluding hydrogens is 697 g/mol. The number of aliphatic imine (C=N–C) groups is 1. The number of hydrogen-bond acceptors (Lipinski definition) is 5. The molecule has 1 aromatic heterocycles. The van der Waals surface area contributed by atoms with Crippen LogP contribution < -0.4 is 15.5 Å². The van der Waals surface area contributed by atoms with Gasteiger partial charge >= 0.3 is 12.4 Å². The molecule has 2 heterocycles. The number of amides is 2. The van der Waals surface area contributed by atoms with Gasteiger partial charge in [-0.1, -0.05) is 50.0 Å². The van der Waals surface area contributed by atoms with Crippen LogP contribution in [0.4, 0.5) is 43.7 Å². The van der Waals surface area contributed by atoms with Crippen LogP contribution >= 0.6 is 23.2 Å². The summed E-state index contributed by atoms with van der Waals surface area (Å²) in [5.41, 5.74) is 1.59. The fourth-order valence-corrected chi connectivity index (χ4v) is 6.54. The normalized spacial score (nSPS) is 19.0. The summed E-state index contributed by atoms with van der Waals surface area (Å²) < 4.78 is 82.1. The molecular formula is C33H36Cl2F6N6O2. The molecule has 16 heteroatoms. The molecule has 2 aliphatic rings. The Labute approximate surface area is 289 Å². The number of carbonyl (C=O) groups is 2. The van der Waals surface area contributed by atoms with Gasteiger partial charge in [0.15, 0.2) is 0 Å².